The fraction of sp³-hybridized carbons (Fsp3) is 0.188. The minimum absolute atomic E-state index is 0.139. The average molecular weight is 605 g/mol. The van der Waals surface area contributed by atoms with Crippen LogP contribution in [0.1, 0.15) is 18.1 Å². The molecular formula is C16H12F3I2N3O3. The van der Waals surface area contributed by atoms with E-state index in [0.717, 1.165) is 25.0 Å². The van der Waals surface area contributed by atoms with Crippen molar-refractivity contribution >= 4 is 62.8 Å². The number of rotatable bonds is 6. The first-order valence-electron chi connectivity index (χ1n) is 7.40. The molecule has 2 rings (SSSR count). The van der Waals surface area contributed by atoms with Crippen LogP contribution < -0.4 is 10.2 Å². The Bertz CT molecular complexity index is 866. The molecule has 144 valence electrons. The molecule has 11 heteroatoms. The summed E-state index contributed by atoms with van der Waals surface area (Å²) in [5, 5.41) is 14.9. The van der Waals surface area contributed by atoms with E-state index in [4.69, 9.17) is 4.74 Å². The smallest absolute Gasteiger partial charge is 0.416 e. The van der Waals surface area contributed by atoms with Crippen LogP contribution in [0.15, 0.2) is 35.4 Å². The standard InChI is InChI=1S/C16H12F3I2N3O3/c1-2-27-15-11(20)5-9(6-12(15)21)8-22-23-13-4-3-10(16(17,18)19)7-14(13)24(25)26/h3-8,23H,2H2,1H3/b22-8-. The second kappa shape index (κ2) is 9.03. The van der Waals surface area contributed by atoms with E-state index in [2.05, 4.69) is 55.7 Å². The number of nitrogens with zero attached hydrogens (tertiary/aromatic N) is 2. The maximum Gasteiger partial charge on any atom is 0.416 e. The van der Waals surface area contributed by atoms with E-state index in [1.807, 2.05) is 6.92 Å². The molecule has 0 saturated heterocycles. The van der Waals surface area contributed by atoms with Crippen LogP contribution in [-0.4, -0.2) is 17.7 Å². The zero-order valence-corrected chi connectivity index (χ0v) is 18.0. The number of hydrazone groups is 1. The Kier molecular flexibility index (Phi) is 7.25. The number of hydrogen-bond donors (Lipinski definition) is 1. The summed E-state index contributed by atoms with van der Waals surface area (Å²) in [6.07, 6.45) is -3.25. The summed E-state index contributed by atoms with van der Waals surface area (Å²) >= 11 is 4.23. The maximum atomic E-state index is 12.7. The number of nitrogens with one attached hydrogen (secondary N) is 1. The van der Waals surface area contributed by atoms with Crippen molar-refractivity contribution in [1.82, 2.24) is 0 Å². The van der Waals surface area contributed by atoms with E-state index in [1.54, 1.807) is 12.1 Å². The van der Waals surface area contributed by atoms with Gasteiger partial charge in [-0.1, -0.05) is 0 Å². The molecule has 0 spiro atoms. The minimum atomic E-state index is -4.66. The number of alkyl halides is 3. The summed E-state index contributed by atoms with van der Waals surface area (Å²) in [7, 11) is 0. The lowest BCUT2D eigenvalue weighted by Gasteiger charge is -2.09. The van der Waals surface area contributed by atoms with Crippen LogP contribution in [0, 0.1) is 17.3 Å². The van der Waals surface area contributed by atoms with Crippen molar-refractivity contribution < 1.29 is 22.8 Å². The van der Waals surface area contributed by atoms with Crippen molar-refractivity contribution in [3.05, 3.63) is 58.7 Å². The van der Waals surface area contributed by atoms with Crippen molar-refractivity contribution in [2.75, 3.05) is 12.0 Å². The summed E-state index contributed by atoms with van der Waals surface area (Å²) < 4.78 is 45.4. The molecule has 0 aliphatic rings. The molecule has 0 saturated carbocycles. The van der Waals surface area contributed by atoms with Gasteiger partial charge in [-0.25, -0.2) is 0 Å². The molecule has 0 fully saturated rings. The Morgan fingerprint density at radius 2 is 1.89 bits per heavy atom. The van der Waals surface area contributed by atoms with Crippen molar-refractivity contribution in [2.24, 2.45) is 5.10 Å². The second-order valence-electron chi connectivity index (χ2n) is 5.10. The van der Waals surface area contributed by atoms with Crippen LogP contribution in [0.3, 0.4) is 0 Å². The molecule has 0 heterocycles. The van der Waals surface area contributed by atoms with E-state index < -0.39 is 22.4 Å². The van der Waals surface area contributed by atoms with Crippen molar-refractivity contribution in [3.63, 3.8) is 0 Å². The van der Waals surface area contributed by atoms with Crippen molar-refractivity contribution in [2.45, 2.75) is 13.1 Å². The molecule has 1 N–H and O–H groups in total. The lowest BCUT2D eigenvalue weighted by Crippen LogP contribution is -2.06. The summed E-state index contributed by atoms with van der Waals surface area (Å²) in [5.74, 6) is 0.752. The number of nitro benzene ring substituents is 1. The quantitative estimate of drug-likeness (QED) is 0.200. The molecule has 0 aliphatic heterocycles. The first-order chi connectivity index (χ1) is 12.6. The van der Waals surface area contributed by atoms with Gasteiger partial charge in [-0.2, -0.15) is 18.3 Å². The largest absolute Gasteiger partial charge is 0.492 e. The fourth-order valence-corrected chi connectivity index (χ4v) is 4.19. The fourth-order valence-electron chi connectivity index (χ4n) is 2.07. The number of halogens is 5. The lowest BCUT2D eigenvalue weighted by atomic mass is 10.1. The number of ether oxygens (including phenoxy) is 1. The number of hydrogen-bond acceptors (Lipinski definition) is 5. The molecule has 0 amide bonds. The molecule has 2 aromatic rings. The summed E-state index contributed by atoms with van der Waals surface area (Å²) in [4.78, 5) is 10.2. The lowest BCUT2D eigenvalue weighted by molar-refractivity contribution is -0.384. The van der Waals surface area contributed by atoms with Crippen LogP contribution in [-0.2, 0) is 6.18 Å². The monoisotopic (exact) mass is 605 g/mol. The third kappa shape index (κ3) is 5.67. The van der Waals surface area contributed by atoms with Crippen LogP contribution in [0.2, 0.25) is 0 Å². The highest BCUT2D eigenvalue weighted by atomic mass is 127. The van der Waals surface area contributed by atoms with E-state index in [0.29, 0.717) is 18.2 Å². The van der Waals surface area contributed by atoms with Gasteiger partial charge in [0, 0.05) is 6.07 Å². The minimum Gasteiger partial charge on any atom is -0.492 e. The van der Waals surface area contributed by atoms with Gasteiger partial charge in [0.25, 0.3) is 5.69 Å². The molecule has 0 unspecified atom stereocenters. The van der Waals surface area contributed by atoms with Crippen LogP contribution >= 0.6 is 45.2 Å². The van der Waals surface area contributed by atoms with Gasteiger partial charge in [0.15, 0.2) is 0 Å². The van der Waals surface area contributed by atoms with E-state index in [9.17, 15) is 23.3 Å². The second-order valence-corrected chi connectivity index (χ2v) is 7.43. The first kappa shape index (κ1) is 21.7. The molecule has 0 atom stereocenters. The Labute approximate surface area is 179 Å². The van der Waals surface area contributed by atoms with Gasteiger partial charge in [0.1, 0.15) is 11.4 Å². The van der Waals surface area contributed by atoms with Gasteiger partial charge in [-0.15, -0.1) is 0 Å². The number of benzene rings is 2. The Morgan fingerprint density at radius 3 is 2.41 bits per heavy atom. The normalized spacial score (nSPS) is 11.6. The number of nitro groups is 1. The molecule has 0 bridgehead atoms. The SMILES string of the molecule is CCOc1c(I)cc(/C=N\Nc2ccc(C(F)(F)F)cc2[N+](=O)[O-])cc1I. The predicted octanol–water partition coefficient (Wildman–Crippen LogP) is 5.67. The molecule has 0 aromatic heterocycles. The zero-order valence-electron chi connectivity index (χ0n) is 13.7. The molecule has 6 nitrogen and oxygen atoms in total. The molecule has 2 aromatic carbocycles. The first-order valence-corrected chi connectivity index (χ1v) is 9.55. The third-order valence-electron chi connectivity index (χ3n) is 3.23. The highest BCUT2D eigenvalue weighted by Gasteiger charge is 2.33. The van der Waals surface area contributed by atoms with Gasteiger partial charge in [0.05, 0.1) is 30.4 Å². The van der Waals surface area contributed by atoms with Crippen LogP contribution in [0.5, 0.6) is 5.75 Å². The van der Waals surface area contributed by atoms with E-state index in [-0.39, 0.29) is 5.69 Å². The van der Waals surface area contributed by atoms with Gasteiger partial charge < -0.3 is 4.74 Å². The Balaban J connectivity index is 2.25. The van der Waals surface area contributed by atoms with Crippen molar-refractivity contribution in [1.29, 1.82) is 0 Å². The summed E-state index contributed by atoms with van der Waals surface area (Å²) in [5.41, 5.74) is 1.18. The highest BCUT2D eigenvalue weighted by Crippen LogP contribution is 2.35. The Morgan fingerprint density at radius 1 is 1.26 bits per heavy atom. The summed E-state index contributed by atoms with van der Waals surface area (Å²) in [6.45, 7) is 2.40. The predicted molar refractivity (Wildman–Crippen MR) is 112 cm³/mol. The number of anilines is 1. The van der Waals surface area contributed by atoms with Gasteiger partial charge >= 0.3 is 6.18 Å². The highest BCUT2D eigenvalue weighted by molar-refractivity contribution is 14.1. The third-order valence-corrected chi connectivity index (χ3v) is 4.83. The Hall–Kier alpha value is -1.64. The zero-order chi connectivity index (χ0) is 20.2. The summed E-state index contributed by atoms with van der Waals surface area (Å²) in [6, 6.07) is 5.82. The van der Waals surface area contributed by atoms with E-state index >= 15 is 0 Å². The molecule has 27 heavy (non-hydrogen) atoms. The van der Waals surface area contributed by atoms with Crippen molar-refractivity contribution in [3.8, 4) is 5.75 Å². The molecule has 0 radical (unpaired) electrons. The van der Waals surface area contributed by atoms with Gasteiger partial charge in [0.2, 0.25) is 0 Å². The van der Waals surface area contributed by atoms with Crippen LogP contribution in [0.4, 0.5) is 24.5 Å². The average Bonchev–Trinajstić information content (AvgIpc) is 2.57. The van der Waals surface area contributed by atoms with E-state index in [1.165, 1.54) is 6.21 Å². The molecular weight excluding hydrogens is 593 g/mol. The van der Waals surface area contributed by atoms with Gasteiger partial charge in [-0.3, -0.25) is 15.5 Å². The van der Waals surface area contributed by atoms with Crippen LogP contribution in [0.25, 0.3) is 0 Å². The molecule has 0 aliphatic carbocycles. The topological polar surface area (TPSA) is 76.8 Å². The maximum absolute atomic E-state index is 12.7. The van der Waals surface area contributed by atoms with Gasteiger partial charge in [-0.05, 0) is 81.9 Å².